The molecule has 2 heterocycles. The lowest BCUT2D eigenvalue weighted by Gasteiger charge is -2.25. The zero-order valence-corrected chi connectivity index (χ0v) is 12.4. The number of hydrogen-bond acceptors (Lipinski definition) is 4. The first-order valence-electron chi connectivity index (χ1n) is 7.15. The summed E-state index contributed by atoms with van der Waals surface area (Å²) >= 11 is 0. The van der Waals surface area contributed by atoms with E-state index in [-0.39, 0.29) is 11.3 Å². The van der Waals surface area contributed by atoms with Gasteiger partial charge >= 0.3 is 0 Å². The average Bonchev–Trinajstić information content (AvgIpc) is 2.90. The largest absolute Gasteiger partial charge is 0.397 e. The van der Waals surface area contributed by atoms with Crippen molar-refractivity contribution in [3.63, 3.8) is 0 Å². The van der Waals surface area contributed by atoms with Crippen LogP contribution in [0.5, 0.6) is 0 Å². The third-order valence-corrected chi connectivity index (χ3v) is 4.37. The number of fused-ring (bicyclic) bond motifs is 1. The molecule has 21 heavy (non-hydrogen) atoms. The van der Waals surface area contributed by atoms with Crippen LogP contribution in [0.4, 0.5) is 11.4 Å². The Labute approximate surface area is 124 Å². The van der Waals surface area contributed by atoms with Crippen molar-refractivity contribution in [2.24, 2.45) is 5.41 Å². The van der Waals surface area contributed by atoms with Crippen molar-refractivity contribution < 1.29 is 4.79 Å². The molecule has 110 valence electrons. The van der Waals surface area contributed by atoms with Gasteiger partial charge in [-0.1, -0.05) is 0 Å². The molecule has 5 nitrogen and oxygen atoms in total. The van der Waals surface area contributed by atoms with Gasteiger partial charge in [0, 0.05) is 37.4 Å². The van der Waals surface area contributed by atoms with Crippen molar-refractivity contribution in [1.29, 1.82) is 0 Å². The van der Waals surface area contributed by atoms with Crippen molar-refractivity contribution in [3.05, 3.63) is 30.5 Å². The topological polar surface area (TPSA) is 71.2 Å². The number of benzene rings is 1. The normalized spacial score (nSPS) is 21.7. The van der Waals surface area contributed by atoms with E-state index in [1.54, 1.807) is 13.2 Å². The smallest absolute Gasteiger partial charge is 0.227 e. The summed E-state index contributed by atoms with van der Waals surface area (Å²) in [5.74, 6) is 0.0999. The molecule has 1 fully saturated rings. The Morgan fingerprint density at radius 1 is 1.43 bits per heavy atom. The van der Waals surface area contributed by atoms with Gasteiger partial charge in [-0.05, 0) is 37.6 Å². The van der Waals surface area contributed by atoms with E-state index in [2.05, 4.69) is 15.2 Å². The van der Waals surface area contributed by atoms with Gasteiger partial charge in [0.15, 0.2) is 0 Å². The monoisotopic (exact) mass is 284 g/mol. The number of amides is 1. The van der Waals surface area contributed by atoms with Crippen LogP contribution in [0.3, 0.4) is 0 Å². The molecule has 0 saturated carbocycles. The summed E-state index contributed by atoms with van der Waals surface area (Å²) in [6.45, 7) is 3.59. The van der Waals surface area contributed by atoms with Crippen LogP contribution < -0.4 is 16.0 Å². The molecule has 1 saturated heterocycles. The number of anilines is 2. The molecular weight excluding hydrogens is 264 g/mol. The average molecular weight is 284 g/mol. The lowest BCUT2D eigenvalue weighted by atomic mass is 9.89. The molecule has 0 aliphatic carbocycles. The molecule has 1 aromatic heterocycles. The number of nitrogens with zero attached hydrogens (tertiary/aromatic N) is 2. The molecule has 1 amide bonds. The zero-order chi connectivity index (χ0) is 15.0. The highest BCUT2D eigenvalue weighted by Crippen LogP contribution is 2.37. The Bertz CT molecular complexity index is 700. The van der Waals surface area contributed by atoms with E-state index in [0.717, 1.165) is 29.6 Å². The molecule has 1 aromatic carbocycles. The first kappa shape index (κ1) is 13.7. The summed E-state index contributed by atoms with van der Waals surface area (Å²) in [6.07, 6.45) is 2.60. The van der Waals surface area contributed by atoms with Gasteiger partial charge in [0.05, 0.1) is 16.6 Å². The van der Waals surface area contributed by atoms with Gasteiger partial charge in [-0.2, -0.15) is 0 Å². The number of carbonyl (C=O) groups excluding carboxylic acids is 1. The maximum Gasteiger partial charge on any atom is 0.227 e. The molecule has 5 heteroatoms. The number of nitrogens with one attached hydrogen (secondary N) is 1. The van der Waals surface area contributed by atoms with Crippen LogP contribution in [0.25, 0.3) is 10.9 Å². The third kappa shape index (κ3) is 2.18. The van der Waals surface area contributed by atoms with E-state index in [1.807, 2.05) is 31.2 Å². The van der Waals surface area contributed by atoms with Crippen molar-refractivity contribution in [2.75, 3.05) is 30.8 Å². The standard InChI is InChI=1S/C16H20N4O/c1-16(15(21)18-2)7-9-20(10-16)13-6-5-12(17)14-11(13)4-3-8-19-14/h3-6,8H,7,9-10,17H2,1-2H3,(H,18,21). The van der Waals surface area contributed by atoms with E-state index in [4.69, 9.17) is 5.73 Å². The zero-order valence-electron chi connectivity index (χ0n) is 12.4. The Hall–Kier alpha value is -2.30. The Balaban J connectivity index is 2.00. The summed E-state index contributed by atoms with van der Waals surface area (Å²) < 4.78 is 0. The summed E-state index contributed by atoms with van der Waals surface area (Å²) in [7, 11) is 1.69. The van der Waals surface area contributed by atoms with Gasteiger partial charge < -0.3 is 16.0 Å². The van der Waals surface area contributed by atoms with Crippen LogP contribution in [-0.2, 0) is 4.79 Å². The molecule has 0 radical (unpaired) electrons. The molecule has 0 bridgehead atoms. The maximum absolute atomic E-state index is 12.1. The molecule has 1 aliphatic heterocycles. The number of aromatic nitrogens is 1. The number of carbonyl (C=O) groups is 1. The van der Waals surface area contributed by atoms with Crippen LogP contribution in [0.15, 0.2) is 30.5 Å². The van der Waals surface area contributed by atoms with Crippen LogP contribution in [0.1, 0.15) is 13.3 Å². The summed E-state index contributed by atoms with van der Waals surface area (Å²) in [6, 6.07) is 7.86. The van der Waals surface area contributed by atoms with Crippen LogP contribution >= 0.6 is 0 Å². The van der Waals surface area contributed by atoms with Gasteiger partial charge in [0.1, 0.15) is 0 Å². The Kier molecular flexibility index (Phi) is 3.20. The summed E-state index contributed by atoms with van der Waals surface area (Å²) in [4.78, 5) is 18.7. The maximum atomic E-state index is 12.1. The second kappa shape index (κ2) is 4.91. The van der Waals surface area contributed by atoms with Gasteiger partial charge in [0.2, 0.25) is 5.91 Å². The number of hydrogen-bond donors (Lipinski definition) is 2. The van der Waals surface area contributed by atoms with Gasteiger partial charge in [0.25, 0.3) is 0 Å². The second-order valence-corrected chi connectivity index (χ2v) is 5.88. The SMILES string of the molecule is CNC(=O)C1(C)CCN(c2ccc(N)c3ncccc23)C1. The van der Waals surface area contributed by atoms with Crippen molar-refractivity contribution in [2.45, 2.75) is 13.3 Å². The molecule has 1 unspecified atom stereocenters. The lowest BCUT2D eigenvalue weighted by Crippen LogP contribution is -2.39. The van der Waals surface area contributed by atoms with Crippen molar-refractivity contribution in [1.82, 2.24) is 10.3 Å². The number of nitrogen functional groups attached to an aromatic ring is 1. The van der Waals surface area contributed by atoms with Crippen LogP contribution in [0, 0.1) is 5.41 Å². The fourth-order valence-corrected chi connectivity index (χ4v) is 3.11. The minimum atomic E-state index is -0.343. The second-order valence-electron chi connectivity index (χ2n) is 5.88. The van der Waals surface area contributed by atoms with E-state index in [0.29, 0.717) is 12.2 Å². The number of pyridine rings is 1. The highest BCUT2D eigenvalue weighted by atomic mass is 16.2. The first-order valence-corrected chi connectivity index (χ1v) is 7.15. The molecule has 2 aromatic rings. The van der Waals surface area contributed by atoms with E-state index in [1.165, 1.54) is 0 Å². The van der Waals surface area contributed by atoms with Gasteiger partial charge in [-0.3, -0.25) is 9.78 Å². The van der Waals surface area contributed by atoms with E-state index in [9.17, 15) is 4.79 Å². The summed E-state index contributed by atoms with van der Waals surface area (Å²) in [5.41, 5.74) is 8.26. The Morgan fingerprint density at radius 3 is 3.00 bits per heavy atom. The third-order valence-electron chi connectivity index (χ3n) is 4.37. The molecule has 1 aliphatic rings. The van der Waals surface area contributed by atoms with Crippen molar-refractivity contribution >= 4 is 28.2 Å². The highest BCUT2D eigenvalue weighted by molar-refractivity contribution is 5.99. The Morgan fingerprint density at radius 2 is 2.24 bits per heavy atom. The minimum Gasteiger partial charge on any atom is -0.397 e. The molecule has 1 atom stereocenters. The van der Waals surface area contributed by atoms with E-state index >= 15 is 0 Å². The highest BCUT2D eigenvalue weighted by Gasteiger charge is 2.40. The summed E-state index contributed by atoms with van der Waals surface area (Å²) in [5, 5.41) is 3.81. The predicted octanol–water partition coefficient (Wildman–Crippen LogP) is 1.78. The van der Waals surface area contributed by atoms with E-state index < -0.39 is 0 Å². The first-order chi connectivity index (χ1) is 10.0. The fraction of sp³-hybridized carbons (Fsp3) is 0.375. The van der Waals surface area contributed by atoms with Crippen LogP contribution in [-0.4, -0.2) is 31.0 Å². The molecule has 3 rings (SSSR count). The van der Waals surface area contributed by atoms with Gasteiger partial charge in [-0.15, -0.1) is 0 Å². The van der Waals surface area contributed by atoms with Crippen molar-refractivity contribution in [3.8, 4) is 0 Å². The van der Waals surface area contributed by atoms with Gasteiger partial charge in [-0.25, -0.2) is 0 Å². The van der Waals surface area contributed by atoms with Crippen LogP contribution in [0.2, 0.25) is 0 Å². The minimum absolute atomic E-state index is 0.0999. The lowest BCUT2D eigenvalue weighted by molar-refractivity contribution is -0.128. The molecule has 0 spiro atoms. The molecule has 3 N–H and O–H groups in total. The molecular formula is C16H20N4O. The number of nitrogens with two attached hydrogens (primary N) is 1. The quantitative estimate of drug-likeness (QED) is 0.825. The fourth-order valence-electron chi connectivity index (χ4n) is 3.11. The predicted molar refractivity (Wildman–Crippen MR) is 85.2 cm³/mol. The number of rotatable bonds is 2.